The van der Waals surface area contributed by atoms with Gasteiger partial charge in [-0.1, -0.05) is 6.07 Å². The molecular weight excluding hydrogens is 306 g/mol. The number of nitro benzene ring substituents is 1. The number of ether oxygens (including phenoxy) is 1. The molecule has 1 fully saturated rings. The molecule has 1 saturated heterocycles. The number of nitrogens with one attached hydrogen (secondary N) is 1. The van der Waals surface area contributed by atoms with E-state index in [0.29, 0.717) is 5.75 Å². The molecule has 124 valence electrons. The van der Waals surface area contributed by atoms with Crippen molar-refractivity contribution >= 4 is 18.1 Å². The Morgan fingerprint density at radius 2 is 2.09 bits per heavy atom. The molecule has 7 heteroatoms. The summed E-state index contributed by atoms with van der Waals surface area (Å²) in [5.41, 5.74) is 1.01. The number of rotatable bonds is 6. The van der Waals surface area contributed by atoms with Crippen LogP contribution < -0.4 is 10.1 Å². The van der Waals surface area contributed by atoms with Gasteiger partial charge in [0.15, 0.2) is 5.75 Å². The van der Waals surface area contributed by atoms with E-state index in [9.17, 15) is 10.1 Å². The van der Waals surface area contributed by atoms with Crippen molar-refractivity contribution in [3.05, 3.63) is 33.9 Å². The van der Waals surface area contributed by atoms with Gasteiger partial charge in [0, 0.05) is 12.6 Å². The van der Waals surface area contributed by atoms with Crippen LogP contribution in [-0.4, -0.2) is 43.6 Å². The Bertz CT molecular complexity index is 491. The van der Waals surface area contributed by atoms with Crippen LogP contribution in [0.3, 0.4) is 0 Å². The van der Waals surface area contributed by atoms with Gasteiger partial charge >= 0.3 is 5.69 Å². The number of methoxy groups -OCH3 is 1. The molecule has 2 rings (SSSR count). The van der Waals surface area contributed by atoms with Gasteiger partial charge in [-0.05, 0) is 57.1 Å². The van der Waals surface area contributed by atoms with Gasteiger partial charge in [-0.25, -0.2) is 0 Å². The van der Waals surface area contributed by atoms with Crippen LogP contribution in [0.25, 0.3) is 0 Å². The minimum absolute atomic E-state index is 0. The van der Waals surface area contributed by atoms with E-state index >= 15 is 0 Å². The summed E-state index contributed by atoms with van der Waals surface area (Å²) in [6, 6.07) is 5.21. The van der Waals surface area contributed by atoms with E-state index in [-0.39, 0.29) is 23.0 Å². The molecule has 0 aromatic heterocycles. The number of nitro groups is 1. The molecule has 1 aliphatic rings. The van der Waals surface area contributed by atoms with E-state index < -0.39 is 0 Å². The van der Waals surface area contributed by atoms with E-state index in [4.69, 9.17) is 4.74 Å². The lowest BCUT2D eigenvalue weighted by molar-refractivity contribution is -0.385. The molecule has 0 spiro atoms. The Hall–Kier alpha value is -1.37. The van der Waals surface area contributed by atoms with Crippen LogP contribution in [0, 0.1) is 16.0 Å². The number of hydrogen-bond donors (Lipinski definition) is 1. The van der Waals surface area contributed by atoms with Gasteiger partial charge in [-0.2, -0.15) is 0 Å². The lowest BCUT2D eigenvalue weighted by Gasteiger charge is -2.31. The van der Waals surface area contributed by atoms with Crippen LogP contribution in [0.4, 0.5) is 5.69 Å². The molecule has 22 heavy (non-hydrogen) atoms. The summed E-state index contributed by atoms with van der Waals surface area (Å²) in [5.74, 6) is 1.06. The molecule has 0 radical (unpaired) electrons. The van der Waals surface area contributed by atoms with Crippen LogP contribution in [0.1, 0.15) is 18.4 Å². The van der Waals surface area contributed by atoms with E-state index in [1.807, 2.05) is 13.1 Å². The largest absolute Gasteiger partial charge is 0.490 e. The van der Waals surface area contributed by atoms with E-state index in [1.54, 1.807) is 12.1 Å². The fourth-order valence-corrected chi connectivity index (χ4v) is 2.87. The minimum atomic E-state index is -0.387. The first-order valence-corrected chi connectivity index (χ1v) is 7.32. The Kier molecular flexibility index (Phi) is 7.58. The predicted molar refractivity (Wildman–Crippen MR) is 88.8 cm³/mol. The zero-order valence-electron chi connectivity index (χ0n) is 13.1. The molecule has 0 unspecified atom stereocenters. The Morgan fingerprint density at radius 1 is 1.41 bits per heavy atom. The maximum Gasteiger partial charge on any atom is 0.311 e. The molecule has 0 saturated carbocycles. The predicted octanol–water partition coefficient (Wildman–Crippen LogP) is 2.46. The highest BCUT2D eigenvalue weighted by Gasteiger charge is 2.20. The third-order valence-electron chi connectivity index (χ3n) is 4.05. The highest BCUT2D eigenvalue weighted by Crippen LogP contribution is 2.28. The molecular formula is C15H24ClN3O3. The number of halogens is 1. The first kappa shape index (κ1) is 18.7. The normalized spacial score (nSPS) is 16.1. The topological polar surface area (TPSA) is 67.6 Å². The van der Waals surface area contributed by atoms with E-state index in [1.165, 1.54) is 20.0 Å². The standard InChI is InChI=1S/C15H23N3O3.ClH/c1-16-10-12-5-7-17(8-6-12)11-13-3-4-15(21-2)14(9-13)18(19)20;/h3-4,9,12,16H,5-8,10-11H2,1-2H3;1H. The Balaban J connectivity index is 0.00000242. The molecule has 1 aromatic rings. The van der Waals surface area contributed by atoms with Crippen molar-refractivity contribution in [2.75, 3.05) is 33.8 Å². The van der Waals surface area contributed by atoms with Crippen LogP contribution in [0.2, 0.25) is 0 Å². The van der Waals surface area contributed by atoms with Gasteiger partial charge in [-0.15, -0.1) is 12.4 Å². The average molecular weight is 330 g/mol. The molecule has 0 bridgehead atoms. The second-order valence-corrected chi connectivity index (χ2v) is 5.54. The summed E-state index contributed by atoms with van der Waals surface area (Å²) in [6.07, 6.45) is 2.36. The molecule has 0 aliphatic carbocycles. The lowest BCUT2D eigenvalue weighted by Crippen LogP contribution is -2.36. The zero-order chi connectivity index (χ0) is 15.2. The van der Waals surface area contributed by atoms with Crippen molar-refractivity contribution in [1.29, 1.82) is 0 Å². The van der Waals surface area contributed by atoms with Crippen molar-refractivity contribution < 1.29 is 9.66 Å². The van der Waals surface area contributed by atoms with Crippen LogP contribution in [0.15, 0.2) is 18.2 Å². The molecule has 1 aromatic carbocycles. The monoisotopic (exact) mass is 329 g/mol. The quantitative estimate of drug-likeness (QED) is 0.641. The number of piperidine rings is 1. The van der Waals surface area contributed by atoms with Crippen LogP contribution >= 0.6 is 12.4 Å². The van der Waals surface area contributed by atoms with Crippen LogP contribution in [0.5, 0.6) is 5.75 Å². The maximum atomic E-state index is 11.0. The van der Waals surface area contributed by atoms with Gasteiger partial charge < -0.3 is 10.1 Å². The maximum absolute atomic E-state index is 11.0. The summed E-state index contributed by atoms with van der Waals surface area (Å²) < 4.78 is 5.03. The summed E-state index contributed by atoms with van der Waals surface area (Å²) in [4.78, 5) is 13.0. The highest BCUT2D eigenvalue weighted by molar-refractivity contribution is 5.85. The first-order valence-electron chi connectivity index (χ1n) is 7.32. The first-order chi connectivity index (χ1) is 10.1. The fourth-order valence-electron chi connectivity index (χ4n) is 2.87. The van der Waals surface area contributed by atoms with Gasteiger partial charge in [-0.3, -0.25) is 15.0 Å². The van der Waals surface area contributed by atoms with E-state index in [2.05, 4.69) is 10.2 Å². The second-order valence-electron chi connectivity index (χ2n) is 5.54. The minimum Gasteiger partial charge on any atom is -0.490 e. The van der Waals surface area contributed by atoms with Crippen molar-refractivity contribution in [3.8, 4) is 5.75 Å². The van der Waals surface area contributed by atoms with Gasteiger partial charge in [0.1, 0.15) is 0 Å². The van der Waals surface area contributed by atoms with Crippen molar-refractivity contribution in [2.24, 2.45) is 5.92 Å². The SMILES string of the molecule is CNCC1CCN(Cc2ccc(OC)c([N+](=O)[O-])c2)CC1.Cl. The van der Waals surface area contributed by atoms with Gasteiger partial charge in [0.25, 0.3) is 0 Å². The Morgan fingerprint density at radius 3 is 2.64 bits per heavy atom. The van der Waals surface area contributed by atoms with Gasteiger partial charge in [0.2, 0.25) is 0 Å². The van der Waals surface area contributed by atoms with Crippen LogP contribution in [-0.2, 0) is 6.54 Å². The van der Waals surface area contributed by atoms with Crippen molar-refractivity contribution in [3.63, 3.8) is 0 Å². The summed E-state index contributed by atoms with van der Waals surface area (Å²) in [5, 5.41) is 14.3. The van der Waals surface area contributed by atoms with Crippen molar-refractivity contribution in [2.45, 2.75) is 19.4 Å². The smallest absolute Gasteiger partial charge is 0.311 e. The molecule has 0 atom stereocenters. The number of likely N-dealkylation sites (tertiary alicyclic amines) is 1. The zero-order valence-corrected chi connectivity index (χ0v) is 13.9. The fraction of sp³-hybridized carbons (Fsp3) is 0.600. The summed E-state index contributed by atoms with van der Waals surface area (Å²) in [6.45, 7) is 3.93. The third kappa shape index (κ3) is 4.83. The second kappa shape index (κ2) is 8.92. The molecule has 1 aliphatic heterocycles. The third-order valence-corrected chi connectivity index (χ3v) is 4.05. The number of benzene rings is 1. The molecule has 1 N–H and O–H groups in total. The highest BCUT2D eigenvalue weighted by atomic mass is 35.5. The Labute approximate surface area is 137 Å². The average Bonchev–Trinajstić information content (AvgIpc) is 2.49. The lowest BCUT2D eigenvalue weighted by atomic mass is 9.96. The van der Waals surface area contributed by atoms with Gasteiger partial charge in [0.05, 0.1) is 12.0 Å². The van der Waals surface area contributed by atoms with Crippen molar-refractivity contribution in [1.82, 2.24) is 10.2 Å². The number of hydrogen-bond acceptors (Lipinski definition) is 5. The molecule has 1 heterocycles. The molecule has 0 amide bonds. The summed E-state index contributed by atoms with van der Waals surface area (Å²) in [7, 11) is 3.44. The molecule has 6 nitrogen and oxygen atoms in total. The summed E-state index contributed by atoms with van der Waals surface area (Å²) >= 11 is 0. The van der Waals surface area contributed by atoms with E-state index in [0.717, 1.165) is 37.7 Å². The number of nitrogens with zero attached hydrogens (tertiary/aromatic N) is 2.